The third kappa shape index (κ3) is 5.00. The van der Waals surface area contributed by atoms with Gasteiger partial charge in [0.05, 0.1) is 10.8 Å². The molecule has 7 rings (SSSR count). The summed E-state index contributed by atoms with van der Waals surface area (Å²) in [6.07, 6.45) is 12.8. The van der Waals surface area contributed by atoms with Crippen LogP contribution < -0.4 is 4.74 Å². The summed E-state index contributed by atoms with van der Waals surface area (Å²) in [4.78, 5) is 14.6. The molecule has 0 spiro atoms. The lowest BCUT2D eigenvalue weighted by molar-refractivity contribution is -0.141. The van der Waals surface area contributed by atoms with Crippen LogP contribution in [0.1, 0.15) is 76.8 Å². The van der Waals surface area contributed by atoms with E-state index < -0.39 is 16.0 Å². The fourth-order valence-electron chi connectivity index (χ4n) is 8.07. The molecule has 5 nitrogen and oxygen atoms in total. The maximum atomic E-state index is 14.7. The first-order valence-electron chi connectivity index (χ1n) is 15.6. The van der Waals surface area contributed by atoms with Crippen molar-refractivity contribution in [3.8, 4) is 5.75 Å². The summed E-state index contributed by atoms with van der Waals surface area (Å²) in [6, 6.07) is 24.2. The van der Waals surface area contributed by atoms with E-state index in [0.29, 0.717) is 36.1 Å². The number of allylic oxidation sites excluding steroid dienone is 4. The summed E-state index contributed by atoms with van der Waals surface area (Å²) in [5, 5.41) is 2.36. The van der Waals surface area contributed by atoms with Crippen molar-refractivity contribution in [3.05, 3.63) is 130 Å². The summed E-state index contributed by atoms with van der Waals surface area (Å²) in [7, 11) is -4.39. The Morgan fingerprint density at radius 2 is 1.43 bits per heavy atom. The second kappa shape index (κ2) is 11.5. The zero-order valence-electron chi connectivity index (χ0n) is 24.8. The highest BCUT2D eigenvalue weighted by molar-refractivity contribution is 7.85. The van der Waals surface area contributed by atoms with Gasteiger partial charge in [-0.25, -0.2) is 0 Å². The first-order chi connectivity index (χ1) is 21.3. The van der Waals surface area contributed by atoms with Gasteiger partial charge in [-0.1, -0.05) is 85.0 Å². The van der Waals surface area contributed by atoms with E-state index in [0.717, 1.165) is 24.8 Å². The van der Waals surface area contributed by atoms with Gasteiger partial charge in [0, 0.05) is 11.8 Å². The maximum absolute atomic E-state index is 14.7. The second-order valence-electron chi connectivity index (χ2n) is 12.3. The lowest BCUT2D eigenvalue weighted by atomic mass is 9.59. The van der Waals surface area contributed by atoms with Crippen LogP contribution in [0.3, 0.4) is 0 Å². The van der Waals surface area contributed by atoms with Crippen LogP contribution in [0.4, 0.5) is 0 Å². The zero-order valence-corrected chi connectivity index (χ0v) is 25.6. The molecule has 6 heteroatoms. The summed E-state index contributed by atoms with van der Waals surface area (Å²) in [5.74, 6) is -0.512. The van der Waals surface area contributed by atoms with Gasteiger partial charge in [-0.05, 0) is 108 Å². The van der Waals surface area contributed by atoms with Crippen LogP contribution in [0.25, 0.3) is 10.8 Å². The molecule has 3 aliphatic carbocycles. The lowest BCUT2D eigenvalue weighted by Gasteiger charge is -2.44. The van der Waals surface area contributed by atoms with E-state index in [4.69, 9.17) is 4.74 Å². The predicted octanol–water partition coefficient (Wildman–Crippen LogP) is 8.37. The van der Waals surface area contributed by atoms with Crippen LogP contribution >= 0.6 is 0 Å². The smallest absolute Gasteiger partial charge is 0.315 e. The fraction of sp³-hybridized carbons (Fsp3) is 0.289. The number of esters is 1. The van der Waals surface area contributed by atoms with Gasteiger partial charge >= 0.3 is 5.97 Å². The predicted molar refractivity (Wildman–Crippen MR) is 173 cm³/mol. The second-order valence-corrected chi connectivity index (χ2v) is 13.7. The summed E-state index contributed by atoms with van der Waals surface area (Å²) in [5.41, 5.74) is 6.10. The van der Waals surface area contributed by atoms with Crippen LogP contribution in [0.5, 0.6) is 5.75 Å². The van der Waals surface area contributed by atoms with Crippen LogP contribution in [0, 0.1) is 12.8 Å². The molecule has 0 heterocycles. The van der Waals surface area contributed by atoms with Crippen molar-refractivity contribution in [3.63, 3.8) is 0 Å². The molecule has 0 aliphatic heterocycles. The molecule has 0 amide bonds. The molecule has 224 valence electrons. The van der Waals surface area contributed by atoms with Crippen molar-refractivity contribution in [2.24, 2.45) is 5.92 Å². The number of hydrogen-bond donors (Lipinski definition) is 1. The van der Waals surface area contributed by atoms with E-state index in [-0.39, 0.29) is 28.6 Å². The van der Waals surface area contributed by atoms with E-state index in [9.17, 15) is 17.8 Å². The Morgan fingerprint density at radius 1 is 0.773 bits per heavy atom. The van der Waals surface area contributed by atoms with Gasteiger partial charge in [-0.3, -0.25) is 9.35 Å². The molecule has 4 aromatic carbocycles. The summed E-state index contributed by atoms with van der Waals surface area (Å²) in [6.45, 7) is 2.17. The number of ether oxygens (including phenoxy) is 1. The lowest BCUT2D eigenvalue weighted by Crippen LogP contribution is -2.39. The number of aryl methyl sites for hydroxylation is 1. The molecule has 1 N–H and O–H groups in total. The maximum Gasteiger partial charge on any atom is 0.315 e. The van der Waals surface area contributed by atoms with Crippen molar-refractivity contribution >= 4 is 26.9 Å². The molecule has 0 saturated heterocycles. The van der Waals surface area contributed by atoms with Crippen molar-refractivity contribution in [2.75, 3.05) is 0 Å². The SMILES string of the molecule is Cc1c(C2C3C/C=C\C=C/CC(c4ccccc43)C2C(=O)Oc2ccc(S(=O)(=O)O)c3c2CCCC3)ccc2ccccc12. The topological polar surface area (TPSA) is 80.7 Å². The molecule has 2 bridgehead atoms. The van der Waals surface area contributed by atoms with Crippen molar-refractivity contribution in [2.45, 2.75) is 68.1 Å². The molecule has 0 radical (unpaired) electrons. The number of hydrogen-bond acceptors (Lipinski definition) is 4. The fourth-order valence-corrected chi connectivity index (χ4v) is 8.85. The van der Waals surface area contributed by atoms with Crippen molar-refractivity contribution < 1.29 is 22.5 Å². The monoisotopic (exact) mass is 604 g/mol. The molecular formula is C38H36O5S. The normalized spacial score (nSPS) is 24.2. The Balaban J connectivity index is 1.40. The highest BCUT2D eigenvalue weighted by Gasteiger charge is 2.48. The average Bonchev–Trinajstić information content (AvgIpc) is 3.03. The van der Waals surface area contributed by atoms with Crippen LogP contribution in [-0.2, 0) is 27.8 Å². The quantitative estimate of drug-likeness (QED) is 0.144. The van der Waals surface area contributed by atoms with Crippen LogP contribution in [0.15, 0.2) is 102 Å². The molecule has 4 unspecified atom stereocenters. The number of benzene rings is 4. The summed E-state index contributed by atoms with van der Waals surface area (Å²) < 4.78 is 40.6. The van der Waals surface area contributed by atoms with Gasteiger partial charge in [0.1, 0.15) is 5.75 Å². The minimum atomic E-state index is -4.39. The van der Waals surface area contributed by atoms with E-state index in [1.54, 1.807) is 6.07 Å². The molecule has 0 fully saturated rings. The summed E-state index contributed by atoms with van der Waals surface area (Å²) >= 11 is 0. The number of carbonyl (C=O) groups excluding carboxylic acids is 1. The molecule has 3 aliphatic rings. The highest BCUT2D eigenvalue weighted by atomic mass is 32.2. The van der Waals surface area contributed by atoms with Gasteiger partial charge in [-0.2, -0.15) is 8.42 Å². The Bertz CT molecular complexity index is 1940. The Hall–Kier alpha value is -4.00. The van der Waals surface area contributed by atoms with E-state index in [1.807, 2.05) is 0 Å². The van der Waals surface area contributed by atoms with Gasteiger partial charge in [0.25, 0.3) is 10.1 Å². The molecule has 44 heavy (non-hydrogen) atoms. The molecule has 4 aromatic rings. The average molecular weight is 605 g/mol. The van der Waals surface area contributed by atoms with Gasteiger partial charge in [-0.15, -0.1) is 0 Å². The van der Waals surface area contributed by atoms with Gasteiger partial charge < -0.3 is 4.74 Å². The zero-order chi connectivity index (χ0) is 30.4. The Labute approximate surface area is 259 Å². The largest absolute Gasteiger partial charge is 0.426 e. The van der Waals surface area contributed by atoms with Gasteiger partial charge in [0.15, 0.2) is 0 Å². The number of rotatable bonds is 4. The molecular weight excluding hydrogens is 568 g/mol. The number of carbonyl (C=O) groups is 1. The Kier molecular flexibility index (Phi) is 7.51. The van der Waals surface area contributed by atoms with Crippen LogP contribution in [0.2, 0.25) is 0 Å². The van der Waals surface area contributed by atoms with Crippen LogP contribution in [-0.4, -0.2) is 18.9 Å². The first-order valence-corrected chi connectivity index (χ1v) is 17.0. The first kappa shape index (κ1) is 28.8. The number of fused-ring (bicyclic) bond motifs is 8. The van der Waals surface area contributed by atoms with Crippen molar-refractivity contribution in [1.29, 1.82) is 0 Å². The third-order valence-corrected chi connectivity index (χ3v) is 11.0. The van der Waals surface area contributed by atoms with E-state index in [1.165, 1.54) is 33.5 Å². The highest BCUT2D eigenvalue weighted by Crippen LogP contribution is 2.55. The standard InChI is InChI=1S/C38H36O5S/c1-24-26-13-7-6-12-25(26)20-21-27(24)36-32-18-4-2-3-5-19-33(29-15-9-8-14-28(29)32)37(36)38(39)43-34-22-23-35(44(40,41)42)31-17-11-10-16-30(31)34/h2-9,12-15,20-23,32-33,36-37H,10-11,16-19H2,1H3,(H,40,41,42)/b4-2-,5-3-. The molecule has 4 atom stereocenters. The van der Waals surface area contributed by atoms with E-state index >= 15 is 0 Å². The molecule has 0 aromatic heterocycles. The minimum Gasteiger partial charge on any atom is -0.426 e. The third-order valence-electron chi connectivity index (χ3n) is 10.0. The van der Waals surface area contributed by atoms with E-state index in [2.05, 4.69) is 91.9 Å². The van der Waals surface area contributed by atoms with Crippen molar-refractivity contribution in [1.82, 2.24) is 0 Å². The minimum absolute atomic E-state index is 0.0680. The van der Waals surface area contributed by atoms with Gasteiger partial charge in [0.2, 0.25) is 0 Å². The molecule has 0 saturated carbocycles. The Morgan fingerprint density at radius 3 is 2.18 bits per heavy atom.